The first kappa shape index (κ1) is 18.1. The number of rotatable bonds is 5. The summed E-state index contributed by atoms with van der Waals surface area (Å²) >= 11 is 0. The summed E-state index contributed by atoms with van der Waals surface area (Å²) in [4.78, 5) is 17.9. The Morgan fingerprint density at radius 2 is 1.53 bits per heavy atom. The molecule has 0 aliphatic rings. The van der Waals surface area contributed by atoms with Gasteiger partial charge < -0.3 is 4.74 Å². The summed E-state index contributed by atoms with van der Waals surface area (Å²) in [6.45, 7) is 0.212. The first-order valence-corrected chi connectivity index (χ1v) is 9.94. The molecule has 0 bridgehead atoms. The second kappa shape index (κ2) is 7.84. The Morgan fingerprint density at radius 1 is 0.800 bits per heavy atom. The Balaban J connectivity index is 1.49. The van der Waals surface area contributed by atoms with E-state index in [4.69, 9.17) is 4.74 Å². The fourth-order valence-corrected chi connectivity index (χ4v) is 3.76. The van der Waals surface area contributed by atoms with Gasteiger partial charge in [0.05, 0.1) is 17.5 Å². The van der Waals surface area contributed by atoms with Crippen molar-refractivity contribution in [2.45, 2.75) is 13.0 Å². The lowest BCUT2D eigenvalue weighted by Crippen LogP contribution is -2.18. The van der Waals surface area contributed by atoms with E-state index in [0.717, 1.165) is 33.1 Å². The molecule has 4 nitrogen and oxygen atoms in total. The zero-order chi connectivity index (χ0) is 20.3. The number of carbonyl (C=O) groups is 1. The summed E-state index contributed by atoms with van der Waals surface area (Å²) in [5, 5.41) is 2.15. The van der Waals surface area contributed by atoms with E-state index in [9.17, 15) is 4.79 Å². The quantitative estimate of drug-likeness (QED) is 0.388. The van der Waals surface area contributed by atoms with Gasteiger partial charge >= 0.3 is 0 Å². The molecular formula is C26H20N2O2. The maximum Gasteiger partial charge on any atom is 0.237 e. The normalized spacial score (nSPS) is 11.1. The largest absolute Gasteiger partial charge is 0.485 e. The van der Waals surface area contributed by atoms with Crippen molar-refractivity contribution in [3.8, 4) is 5.75 Å². The SMILES string of the molecule is O=C(Cc1ccccc1)n1c(COc2cccc3ccccc23)nc2ccccc21. The number of benzene rings is 4. The van der Waals surface area contributed by atoms with Crippen molar-refractivity contribution in [1.82, 2.24) is 9.55 Å². The number of para-hydroxylation sites is 2. The van der Waals surface area contributed by atoms with Crippen LogP contribution < -0.4 is 4.74 Å². The van der Waals surface area contributed by atoms with Crippen LogP contribution in [0.2, 0.25) is 0 Å². The van der Waals surface area contributed by atoms with E-state index in [1.807, 2.05) is 84.9 Å². The van der Waals surface area contributed by atoms with E-state index in [0.29, 0.717) is 12.2 Å². The molecule has 0 radical (unpaired) electrons. The molecule has 0 N–H and O–H groups in total. The van der Waals surface area contributed by atoms with Gasteiger partial charge in [-0.15, -0.1) is 0 Å². The van der Waals surface area contributed by atoms with E-state index in [-0.39, 0.29) is 12.5 Å². The third-order valence-electron chi connectivity index (χ3n) is 5.18. The van der Waals surface area contributed by atoms with Crippen molar-refractivity contribution in [2.24, 2.45) is 0 Å². The van der Waals surface area contributed by atoms with Crippen LogP contribution in [0.25, 0.3) is 21.8 Å². The fraction of sp³-hybridized carbons (Fsp3) is 0.0769. The molecule has 5 aromatic rings. The highest BCUT2D eigenvalue weighted by Crippen LogP contribution is 2.26. The standard InChI is InChI=1S/C26H20N2O2/c29-26(17-19-9-2-1-3-10-19)28-23-15-7-6-14-22(23)27-25(28)18-30-24-16-8-12-20-11-4-5-13-21(20)24/h1-16H,17-18H2. The Bertz CT molecular complexity index is 1330. The lowest BCUT2D eigenvalue weighted by molar-refractivity contribution is 0.0910. The third kappa shape index (κ3) is 3.44. The number of carbonyl (C=O) groups excluding carboxylic acids is 1. The zero-order valence-electron chi connectivity index (χ0n) is 16.4. The monoisotopic (exact) mass is 392 g/mol. The van der Waals surface area contributed by atoms with Gasteiger partial charge in [0.25, 0.3) is 0 Å². The molecule has 0 saturated carbocycles. The van der Waals surface area contributed by atoms with E-state index >= 15 is 0 Å². The minimum absolute atomic E-state index is 0.0218. The number of aromatic nitrogens is 2. The topological polar surface area (TPSA) is 44.1 Å². The number of fused-ring (bicyclic) bond motifs is 2. The van der Waals surface area contributed by atoms with Gasteiger partial charge in [0, 0.05) is 5.39 Å². The van der Waals surface area contributed by atoms with E-state index in [2.05, 4.69) is 17.1 Å². The number of ether oxygens (including phenoxy) is 1. The van der Waals surface area contributed by atoms with Crippen LogP contribution >= 0.6 is 0 Å². The molecule has 0 amide bonds. The first-order chi connectivity index (χ1) is 14.8. The van der Waals surface area contributed by atoms with Crippen LogP contribution in [-0.2, 0) is 13.0 Å². The molecule has 4 heteroatoms. The van der Waals surface area contributed by atoms with Crippen LogP contribution in [0.5, 0.6) is 5.75 Å². The average Bonchev–Trinajstić information content (AvgIpc) is 3.17. The second-order valence-corrected chi connectivity index (χ2v) is 7.17. The molecule has 1 aromatic heterocycles. The van der Waals surface area contributed by atoms with Gasteiger partial charge in [-0.1, -0.05) is 78.9 Å². The predicted octanol–water partition coefficient (Wildman–Crippen LogP) is 5.65. The average molecular weight is 392 g/mol. The van der Waals surface area contributed by atoms with Crippen LogP contribution in [0.3, 0.4) is 0 Å². The summed E-state index contributed by atoms with van der Waals surface area (Å²) < 4.78 is 7.83. The molecule has 5 rings (SSSR count). The number of hydrogen-bond donors (Lipinski definition) is 0. The van der Waals surface area contributed by atoms with Gasteiger partial charge in [0.2, 0.25) is 5.91 Å². The van der Waals surface area contributed by atoms with Crippen molar-refractivity contribution in [3.05, 3.63) is 108 Å². The predicted molar refractivity (Wildman–Crippen MR) is 119 cm³/mol. The summed E-state index contributed by atoms with van der Waals surface area (Å²) in [6, 6.07) is 31.5. The Morgan fingerprint density at radius 3 is 2.43 bits per heavy atom. The van der Waals surface area contributed by atoms with Crippen molar-refractivity contribution < 1.29 is 9.53 Å². The van der Waals surface area contributed by atoms with Gasteiger partial charge in [-0.3, -0.25) is 9.36 Å². The zero-order valence-corrected chi connectivity index (χ0v) is 16.4. The van der Waals surface area contributed by atoms with Gasteiger partial charge in [-0.2, -0.15) is 0 Å². The maximum atomic E-state index is 13.2. The first-order valence-electron chi connectivity index (χ1n) is 9.94. The van der Waals surface area contributed by atoms with Crippen LogP contribution in [-0.4, -0.2) is 15.5 Å². The summed E-state index contributed by atoms with van der Waals surface area (Å²) in [6.07, 6.45) is 0.308. The maximum absolute atomic E-state index is 13.2. The van der Waals surface area contributed by atoms with Crippen molar-refractivity contribution in [3.63, 3.8) is 0 Å². The second-order valence-electron chi connectivity index (χ2n) is 7.17. The Kier molecular flexibility index (Phi) is 4.74. The lowest BCUT2D eigenvalue weighted by atomic mass is 10.1. The van der Waals surface area contributed by atoms with Crippen LogP contribution in [0, 0.1) is 0 Å². The van der Waals surface area contributed by atoms with Crippen LogP contribution in [0.4, 0.5) is 0 Å². The van der Waals surface area contributed by atoms with Crippen LogP contribution in [0.1, 0.15) is 16.2 Å². The molecule has 0 spiro atoms. The van der Waals surface area contributed by atoms with E-state index in [1.165, 1.54) is 0 Å². The molecule has 0 fully saturated rings. The summed E-state index contributed by atoms with van der Waals surface area (Å²) in [5.41, 5.74) is 2.56. The summed E-state index contributed by atoms with van der Waals surface area (Å²) in [5.74, 6) is 1.36. The molecule has 0 unspecified atom stereocenters. The van der Waals surface area contributed by atoms with Crippen LogP contribution in [0.15, 0.2) is 97.1 Å². The minimum atomic E-state index is -0.0218. The molecule has 30 heavy (non-hydrogen) atoms. The van der Waals surface area contributed by atoms with Crippen molar-refractivity contribution in [1.29, 1.82) is 0 Å². The van der Waals surface area contributed by atoms with E-state index < -0.39 is 0 Å². The van der Waals surface area contributed by atoms with Gasteiger partial charge in [0.15, 0.2) is 5.82 Å². The lowest BCUT2D eigenvalue weighted by Gasteiger charge is -2.11. The molecule has 0 saturated heterocycles. The molecule has 146 valence electrons. The number of hydrogen-bond acceptors (Lipinski definition) is 3. The highest BCUT2D eigenvalue weighted by atomic mass is 16.5. The van der Waals surface area contributed by atoms with Gasteiger partial charge in [-0.05, 0) is 29.1 Å². The van der Waals surface area contributed by atoms with E-state index in [1.54, 1.807) is 4.57 Å². The highest BCUT2D eigenvalue weighted by molar-refractivity contribution is 5.92. The van der Waals surface area contributed by atoms with Gasteiger partial charge in [0.1, 0.15) is 12.4 Å². The Labute approximate surface area is 174 Å². The summed E-state index contributed by atoms with van der Waals surface area (Å²) in [7, 11) is 0. The molecule has 1 heterocycles. The molecular weight excluding hydrogens is 372 g/mol. The molecule has 4 aromatic carbocycles. The minimum Gasteiger partial charge on any atom is -0.485 e. The Hall–Kier alpha value is -3.92. The van der Waals surface area contributed by atoms with Crippen molar-refractivity contribution >= 4 is 27.7 Å². The molecule has 0 aliphatic carbocycles. The number of nitrogens with zero attached hydrogens (tertiary/aromatic N) is 2. The molecule has 0 atom stereocenters. The third-order valence-corrected chi connectivity index (χ3v) is 5.18. The molecule has 0 aliphatic heterocycles. The van der Waals surface area contributed by atoms with Gasteiger partial charge in [-0.25, -0.2) is 4.98 Å². The van der Waals surface area contributed by atoms with Crippen molar-refractivity contribution in [2.75, 3.05) is 0 Å². The fourth-order valence-electron chi connectivity index (χ4n) is 3.76. The highest BCUT2D eigenvalue weighted by Gasteiger charge is 2.18. The smallest absolute Gasteiger partial charge is 0.237 e. The number of imidazole rings is 1.